The summed E-state index contributed by atoms with van der Waals surface area (Å²) in [7, 11) is 0. The van der Waals surface area contributed by atoms with Crippen molar-refractivity contribution in [2.24, 2.45) is 0 Å². The molecule has 0 aliphatic rings. The summed E-state index contributed by atoms with van der Waals surface area (Å²) in [6.45, 7) is 8.12. The van der Waals surface area contributed by atoms with Crippen molar-refractivity contribution in [1.29, 1.82) is 0 Å². The number of carbonyl (C=O) groups excluding carboxylic acids is 1. The van der Waals surface area contributed by atoms with Crippen LogP contribution in [0.15, 0.2) is 49.1 Å². The van der Waals surface area contributed by atoms with Gasteiger partial charge < -0.3 is 10.2 Å². The van der Waals surface area contributed by atoms with Crippen LogP contribution in [0.2, 0.25) is 0 Å². The van der Waals surface area contributed by atoms with Gasteiger partial charge in [-0.15, -0.1) is 10.2 Å². The van der Waals surface area contributed by atoms with Crippen LogP contribution in [0.1, 0.15) is 29.9 Å². The lowest BCUT2D eigenvalue weighted by Crippen LogP contribution is -2.22. The van der Waals surface area contributed by atoms with Gasteiger partial charge in [0.2, 0.25) is 0 Å². The molecule has 0 spiro atoms. The Bertz CT molecular complexity index is 870. The van der Waals surface area contributed by atoms with Crippen LogP contribution in [0.4, 0.5) is 11.4 Å². The van der Waals surface area contributed by atoms with E-state index in [0.717, 1.165) is 30.0 Å². The molecule has 0 saturated heterocycles. The van der Waals surface area contributed by atoms with Crippen molar-refractivity contribution in [2.75, 3.05) is 23.3 Å². The van der Waals surface area contributed by atoms with Crippen molar-refractivity contribution >= 4 is 17.3 Å². The average Bonchev–Trinajstić information content (AvgIpc) is 3.19. The van der Waals surface area contributed by atoms with E-state index in [0.29, 0.717) is 5.82 Å². The summed E-state index contributed by atoms with van der Waals surface area (Å²) < 4.78 is 1.73. The Morgan fingerprint density at radius 1 is 1.15 bits per heavy atom. The van der Waals surface area contributed by atoms with Crippen LogP contribution in [-0.2, 0) is 0 Å². The SMILES string of the molecule is CCN(CC)c1ccc(NC(=O)c2ccc(-n3ccnc3)nn2)c(C)c1. The van der Waals surface area contributed by atoms with Crippen molar-refractivity contribution in [3.63, 3.8) is 0 Å². The fraction of sp³-hybridized carbons (Fsp3) is 0.263. The predicted molar refractivity (Wildman–Crippen MR) is 102 cm³/mol. The number of aryl methyl sites for hydroxylation is 1. The van der Waals surface area contributed by atoms with Crippen molar-refractivity contribution < 1.29 is 4.79 Å². The molecule has 0 fully saturated rings. The minimum atomic E-state index is -0.284. The first-order valence-electron chi connectivity index (χ1n) is 8.61. The van der Waals surface area contributed by atoms with E-state index in [1.54, 1.807) is 35.4 Å². The summed E-state index contributed by atoms with van der Waals surface area (Å²) in [6.07, 6.45) is 5.06. The Morgan fingerprint density at radius 3 is 2.54 bits per heavy atom. The molecule has 134 valence electrons. The first kappa shape index (κ1) is 17.6. The second-order valence-corrected chi connectivity index (χ2v) is 5.87. The molecular weight excluding hydrogens is 328 g/mol. The van der Waals surface area contributed by atoms with Gasteiger partial charge in [0.05, 0.1) is 0 Å². The first-order chi connectivity index (χ1) is 12.6. The Balaban J connectivity index is 1.73. The lowest BCUT2D eigenvalue weighted by Gasteiger charge is -2.22. The Labute approximate surface area is 152 Å². The molecule has 0 saturated carbocycles. The number of rotatable bonds is 6. The quantitative estimate of drug-likeness (QED) is 0.739. The molecule has 26 heavy (non-hydrogen) atoms. The second-order valence-electron chi connectivity index (χ2n) is 5.87. The summed E-state index contributed by atoms with van der Waals surface area (Å²) in [4.78, 5) is 18.7. The van der Waals surface area contributed by atoms with Gasteiger partial charge in [0.25, 0.3) is 5.91 Å². The van der Waals surface area contributed by atoms with Crippen molar-refractivity contribution in [3.05, 3.63) is 60.3 Å². The monoisotopic (exact) mass is 350 g/mol. The molecule has 1 aromatic carbocycles. The van der Waals surface area contributed by atoms with Crippen LogP contribution in [0, 0.1) is 6.92 Å². The average molecular weight is 350 g/mol. The summed E-state index contributed by atoms with van der Waals surface area (Å²) in [5, 5.41) is 11.0. The number of amides is 1. The molecule has 7 heteroatoms. The number of nitrogens with one attached hydrogen (secondary N) is 1. The molecule has 1 N–H and O–H groups in total. The fourth-order valence-corrected chi connectivity index (χ4v) is 2.74. The summed E-state index contributed by atoms with van der Waals surface area (Å²) in [6, 6.07) is 9.41. The topological polar surface area (TPSA) is 75.9 Å². The lowest BCUT2D eigenvalue weighted by atomic mass is 10.1. The second kappa shape index (κ2) is 7.77. The van der Waals surface area contributed by atoms with Crippen LogP contribution in [0.3, 0.4) is 0 Å². The summed E-state index contributed by atoms with van der Waals surface area (Å²) in [5.41, 5.74) is 3.19. The standard InChI is InChI=1S/C19H22N6O/c1-4-24(5-2)15-6-7-16(14(3)12-15)21-19(26)17-8-9-18(23-22-17)25-11-10-20-13-25/h6-13H,4-5H2,1-3H3,(H,21,26). The maximum absolute atomic E-state index is 12.5. The van der Waals surface area contributed by atoms with Gasteiger partial charge in [-0.05, 0) is 56.7 Å². The van der Waals surface area contributed by atoms with Crippen LogP contribution in [-0.4, -0.2) is 38.7 Å². The zero-order valence-electron chi connectivity index (χ0n) is 15.2. The molecule has 2 aromatic heterocycles. The molecule has 3 aromatic rings. The highest BCUT2D eigenvalue weighted by molar-refractivity contribution is 6.03. The smallest absolute Gasteiger partial charge is 0.276 e. The maximum atomic E-state index is 12.5. The van der Waals surface area contributed by atoms with Gasteiger partial charge in [-0.2, -0.15) is 0 Å². The van der Waals surface area contributed by atoms with E-state index in [1.165, 1.54) is 0 Å². The molecule has 0 unspecified atom stereocenters. The zero-order valence-corrected chi connectivity index (χ0v) is 15.2. The number of benzene rings is 1. The molecule has 3 rings (SSSR count). The Hall–Kier alpha value is -3.22. The Kier molecular flexibility index (Phi) is 5.26. The maximum Gasteiger partial charge on any atom is 0.276 e. The van der Waals surface area contributed by atoms with Gasteiger partial charge in [0.15, 0.2) is 11.5 Å². The molecule has 0 radical (unpaired) electrons. The highest BCUT2D eigenvalue weighted by atomic mass is 16.1. The molecule has 0 aliphatic carbocycles. The van der Waals surface area contributed by atoms with Gasteiger partial charge in [0.1, 0.15) is 6.33 Å². The van der Waals surface area contributed by atoms with Gasteiger partial charge in [-0.25, -0.2) is 4.98 Å². The van der Waals surface area contributed by atoms with Crippen LogP contribution in [0.5, 0.6) is 0 Å². The normalized spacial score (nSPS) is 10.6. The number of anilines is 2. The molecule has 0 aliphatic heterocycles. The molecule has 1 amide bonds. The van der Waals surface area contributed by atoms with E-state index in [9.17, 15) is 4.79 Å². The minimum absolute atomic E-state index is 0.265. The number of nitrogens with zero attached hydrogens (tertiary/aromatic N) is 5. The minimum Gasteiger partial charge on any atom is -0.372 e. The molecule has 7 nitrogen and oxygen atoms in total. The zero-order chi connectivity index (χ0) is 18.5. The molecule has 2 heterocycles. The van der Waals surface area contributed by atoms with E-state index >= 15 is 0 Å². The summed E-state index contributed by atoms with van der Waals surface area (Å²) >= 11 is 0. The van der Waals surface area contributed by atoms with Crippen molar-refractivity contribution in [2.45, 2.75) is 20.8 Å². The van der Waals surface area contributed by atoms with Crippen molar-refractivity contribution in [1.82, 2.24) is 19.7 Å². The van der Waals surface area contributed by atoms with E-state index in [1.807, 2.05) is 19.1 Å². The summed E-state index contributed by atoms with van der Waals surface area (Å²) in [5.74, 6) is 0.326. The molecule has 0 atom stereocenters. The van der Waals surface area contributed by atoms with E-state index in [2.05, 4.69) is 45.3 Å². The third-order valence-electron chi connectivity index (χ3n) is 4.24. The van der Waals surface area contributed by atoms with Gasteiger partial charge >= 0.3 is 0 Å². The van der Waals surface area contributed by atoms with Gasteiger partial charge in [-0.1, -0.05) is 0 Å². The number of imidazole rings is 1. The number of aromatic nitrogens is 4. The number of carbonyl (C=O) groups is 1. The highest BCUT2D eigenvalue weighted by Crippen LogP contribution is 2.23. The van der Waals surface area contributed by atoms with Crippen LogP contribution >= 0.6 is 0 Å². The lowest BCUT2D eigenvalue weighted by molar-refractivity contribution is 0.102. The molecule has 0 bridgehead atoms. The Morgan fingerprint density at radius 2 is 1.96 bits per heavy atom. The number of hydrogen-bond donors (Lipinski definition) is 1. The largest absolute Gasteiger partial charge is 0.372 e. The number of hydrogen-bond acceptors (Lipinski definition) is 5. The molecular formula is C19H22N6O. The van der Waals surface area contributed by atoms with E-state index in [4.69, 9.17) is 0 Å². The highest BCUT2D eigenvalue weighted by Gasteiger charge is 2.12. The van der Waals surface area contributed by atoms with Crippen molar-refractivity contribution in [3.8, 4) is 5.82 Å². The fourth-order valence-electron chi connectivity index (χ4n) is 2.74. The van der Waals surface area contributed by atoms with E-state index < -0.39 is 0 Å². The first-order valence-corrected chi connectivity index (χ1v) is 8.61. The van der Waals surface area contributed by atoms with Gasteiger partial charge in [0, 0.05) is 36.9 Å². The third-order valence-corrected chi connectivity index (χ3v) is 4.24. The predicted octanol–water partition coefficient (Wildman–Crippen LogP) is 3.07. The van der Waals surface area contributed by atoms with Crippen LogP contribution in [0.25, 0.3) is 5.82 Å². The van der Waals surface area contributed by atoms with Gasteiger partial charge in [-0.3, -0.25) is 9.36 Å². The van der Waals surface area contributed by atoms with E-state index in [-0.39, 0.29) is 11.6 Å². The third kappa shape index (κ3) is 3.72. The van der Waals surface area contributed by atoms with Crippen LogP contribution < -0.4 is 10.2 Å².